The third-order valence-electron chi connectivity index (χ3n) is 6.78. The van der Waals surface area contributed by atoms with Crippen LogP contribution in [0, 0.1) is 29.6 Å². The van der Waals surface area contributed by atoms with Gasteiger partial charge in [-0.15, -0.1) is 0 Å². The number of hydrogen-bond acceptors (Lipinski definition) is 5. The van der Waals surface area contributed by atoms with Gasteiger partial charge in [-0.05, 0) is 44.4 Å². The molecule has 0 radical (unpaired) electrons. The van der Waals surface area contributed by atoms with Crippen LogP contribution in [-0.2, 0) is 14.4 Å². The second kappa shape index (κ2) is 5.79. The first kappa shape index (κ1) is 19.4. The molecule has 146 valence electrons. The van der Waals surface area contributed by atoms with E-state index in [1.54, 1.807) is 0 Å². The standard InChI is InChI=1S/C17H27F3O5/c1-9-5-6-12-10(2)16(21,17(18,19)20)24-15(4)13(12)11(9)7-8-14(3,23-15)25-22/h9-13,21-22H,5-8H2,1-4H3/t9-,10-,11?,12+,13?,14?,15-,16-/m1/s1. The van der Waals surface area contributed by atoms with Crippen molar-refractivity contribution < 1.29 is 37.9 Å². The highest BCUT2D eigenvalue weighted by Crippen LogP contribution is 2.61. The van der Waals surface area contributed by atoms with Crippen LogP contribution in [0.4, 0.5) is 13.2 Å². The fraction of sp³-hybridized carbons (Fsp3) is 1.00. The van der Waals surface area contributed by atoms with E-state index in [1.807, 2.05) is 0 Å². The summed E-state index contributed by atoms with van der Waals surface area (Å²) in [6, 6.07) is 0. The van der Waals surface area contributed by atoms with Crippen molar-refractivity contribution in [2.24, 2.45) is 29.6 Å². The van der Waals surface area contributed by atoms with Gasteiger partial charge >= 0.3 is 6.18 Å². The molecule has 3 aliphatic rings. The lowest BCUT2D eigenvalue weighted by Gasteiger charge is -2.59. The lowest BCUT2D eigenvalue weighted by molar-refractivity contribution is -0.518. The zero-order valence-electron chi connectivity index (χ0n) is 15.0. The van der Waals surface area contributed by atoms with Crippen molar-refractivity contribution in [1.29, 1.82) is 0 Å². The molecule has 0 aromatic heterocycles. The third kappa shape index (κ3) is 2.81. The molecule has 1 aliphatic carbocycles. The van der Waals surface area contributed by atoms with Gasteiger partial charge in [0.15, 0.2) is 5.79 Å². The maximum atomic E-state index is 13.7. The zero-order chi connectivity index (χ0) is 18.8. The number of alkyl halides is 3. The van der Waals surface area contributed by atoms with Crippen molar-refractivity contribution in [2.75, 3.05) is 0 Å². The van der Waals surface area contributed by atoms with E-state index in [4.69, 9.17) is 9.47 Å². The number of hydrogen-bond donors (Lipinski definition) is 2. The van der Waals surface area contributed by atoms with Crippen LogP contribution < -0.4 is 0 Å². The summed E-state index contributed by atoms with van der Waals surface area (Å²) in [5.74, 6) is -7.95. The summed E-state index contributed by atoms with van der Waals surface area (Å²) in [7, 11) is 0. The van der Waals surface area contributed by atoms with Crippen LogP contribution in [-0.4, -0.2) is 33.9 Å². The van der Waals surface area contributed by atoms with Crippen molar-refractivity contribution in [3.05, 3.63) is 0 Å². The molecule has 0 spiro atoms. The molecule has 3 rings (SSSR count). The van der Waals surface area contributed by atoms with Crippen LogP contribution in [0.3, 0.4) is 0 Å². The Morgan fingerprint density at radius 2 is 1.68 bits per heavy atom. The summed E-state index contributed by atoms with van der Waals surface area (Å²) in [4.78, 5) is 4.47. The molecule has 2 heterocycles. The van der Waals surface area contributed by atoms with Gasteiger partial charge in [0.05, 0.1) is 0 Å². The van der Waals surface area contributed by atoms with E-state index in [0.717, 1.165) is 6.42 Å². The molecule has 2 N–H and O–H groups in total. The molecule has 3 unspecified atom stereocenters. The average Bonchev–Trinajstić information content (AvgIpc) is 2.61. The molecule has 2 aliphatic heterocycles. The van der Waals surface area contributed by atoms with Crippen molar-refractivity contribution in [3.8, 4) is 0 Å². The molecule has 2 saturated heterocycles. The van der Waals surface area contributed by atoms with Crippen LogP contribution in [0.5, 0.6) is 0 Å². The number of halogens is 3. The molecule has 0 aromatic rings. The second-order valence-corrected chi connectivity index (χ2v) is 8.37. The summed E-state index contributed by atoms with van der Waals surface area (Å²) < 4.78 is 52.1. The molecule has 0 bridgehead atoms. The molecular formula is C17H27F3O5. The first-order valence-electron chi connectivity index (χ1n) is 8.89. The fourth-order valence-electron chi connectivity index (χ4n) is 5.46. The Balaban J connectivity index is 2.10. The van der Waals surface area contributed by atoms with Crippen LogP contribution in [0.2, 0.25) is 0 Å². The lowest BCUT2D eigenvalue weighted by atomic mass is 9.57. The van der Waals surface area contributed by atoms with Crippen molar-refractivity contribution in [2.45, 2.75) is 76.9 Å². The van der Waals surface area contributed by atoms with Crippen molar-refractivity contribution in [1.82, 2.24) is 0 Å². The van der Waals surface area contributed by atoms with Gasteiger partial charge in [-0.3, -0.25) is 0 Å². The molecule has 0 amide bonds. The maximum Gasteiger partial charge on any atom is 0.443 e. The smallest absolute Gasteiger partial charge is 0.358 e. The minimum atomic E-state index is -4.95. The lowest BCUT2D eigenvalue weighted by Crippen LogP contribution is -2.69. The summed E-state index contributed by atoms with van der Waals surface area (Å²) >= 11 is 0. The van der Waals surface area contributed by atoms with Crippen molar-refractivity contribution in [3.63, 3.8) is 0 Å². The quantitative estimate of drug-likeness (QED) is 0.542. The normalized spacial score (nSPS) is 53.9. The van der Waals surface area contributed by atoms with Gasteiger partial charge < -0.3 is 14.6 Å². The predicted molar refractivity (Wildman–Crippen MR) is 81.0 cm³/mol. The van der Waals surface area contributed by atoms with Gasteiger partial charge in [-0.2, -0.15) is 13.2 Å². The largest absolute Gasteiger partial charge is 0.443 e. The summed E-state index contributed by atoms with van der Waals surface area (Å²) in [5.41, 5.74) is 0. The number of ether oxygens (including phenoxy) is 2. The molecule has 0 aromatic carbocycles. The Hall–Kier alpha value is -0.410. The Morgan fingerprint density at radius 1 is 1.04 bits per heavy atom. The average molecular weight is 368 g/mol. The predicted octanol–water partition coefficient (Wildman–Crippen LogP) is 3.91. The van der Waals surface area contributed by atoms with E-state index < -0.39 is 35.4 Å². The summed E-state index contributed by atoms with van der Waals surface area (Å²) in [6.07, 6.45) is -2.61. The van der Waals surface area contributed by atoms with E-state index in [9.17, 15) is 23.5 Å². The molecule has 25 heavy (non-hydrogen) atoms. The molecule has 8 atom stereocenters. The van der Waals surface area contributed by atoms with Gasteiger partial charge in [0, 0.05) is 18.3 Å². The van der Waals surface area contributed by atoms with Crippen LogP contribution in [0.25, 0.3) is 0 Å². The first-order chi connectivity index (χ1) is 11.4. The Morgan fingerprint density at radius 3 is 2.24 bits per heavy atom. The number of rotatable bonds is 1. The summed E-state index contributed by atoms with van der Waals surface area (Å²) in [6.45, 7) is 6.39. The Bertz CT molecular complexity index is 529. The SMILES string of the molecule is C[C@@H]1CC[C@@H]2C3C1CCC(C)(OO)O[C@]3(C)O[C@@](O)(C(F)(F)F)[C@@H]2C. The van der Waals surface area contributed by atoms with E-state index >= 15 is 0 Å². The second-order valence-electron chi connectivity index (χ2n) is 8.37. The summed E-state index contributed by atoms with van der Waals surface area (Å²) in [5, 5.41) is 19.7. The Labute approximate surface area is 145 Å². The molecule has 5 nitrogen and oxygen atoms in total. The van der Waals surface area contributed by atoms with Gasteiger partial charge in [0.25, 0.3) is 5.79 Å². The van der Waals surface area contributed by atoms with Crippen LogP contribution in [0.1, 0.15) is 53.4 Å². The number of aliphatic hydroxyl groups is 1. The van der Waals surface area contributed by atoms with Gasteiger partial charge in [0.1, 0.15) is 0 Å². The van der Waals surface area contributed by atoms with E-state index in [-0.39, 0.29) is 17.8 Å². The maximum absolute atomic E-state index is 13.7. The van der Waals surface area contributed by atoms with E-state index in [1.165, 1.54) is 20.8 Å². The minimum absolute atomic E-state index is 0.0703. The molecule has 3 fully saturated rings. The molecule has 1 saturated carbocycles. The molecule has 8 heteroatoms. The van der Waals surface area contributed by atoms with Gasteiger partial charge in [-0.1, -0.05) is 20.3 Å². The first-order valence-corrected chi connectivity index (χ1v) is 8.89. The van der Waals surface area contributed by atoms with Crippen LogP contribution in [0.15, 0.2) is 0 Å². The highest BCUT2D eigenvalue weighted by Gasteiger charge is 2.71. The van der Waals surface area contributed by atoms with Crippen molar-refractivity contribution >= 4 is 0 Å². The molecular weight excluding hydrogens is 341 g/mol. The third-order valence-corrected chi connectivity index (χ3v) is 6.78. The monoisotopic (exact) mass is 368 g/mol. The van der Waals surface area contributed by atoms with E-state index in [2.05, 4.69) is 11.8 Å². The fourth-order valence-corrected chi connectivity index (χ4v) is 5.46. The minimum Gasteiger partial charge on any atom is -0.358 e. The highest BCUT2D eigenvalue weighted by molar-refractivity contribution is 5.05. The van der Waals surface area contributed by atoms with E-state index in [0.29, 0.717) is 19.3 Å². The highest BCUT2D eigenvalue weighted by atomic mass is 19.4. The Kier molecular flexibility index (Phi) is 4.48. The van der Waals surface area contributed by atoms with Crippen LogP contribution >= 0.6 is 0 Å². The van der Waals surface area contributed by atoms with Gasteiger partial charge in [-0.25, -0.2) is 10.1 Å². The topological polar surface area (TPSA) is 68.2 Å². The zero-order valence-corrected chi connectivity index (χ0v) is 15.0. The van der Waals surface area contributed by atoms with Gasteiger partial charge in [0.2, 0.25) is 5.79 Å².